The highest BCUT2D eigenvalue weighted by Gasteiger charge is 2.34. The first kappa shape index (κ1) is 22.0. The molecule has 3 aromatic carbocycles. The van der Waals surface area contributed by atoms with Crippen LogP contribution in [0.3, 0.4) is 0 Å². The summed E-state index contributed by atoms with van der Waals surface area (Å²) >= 11 is 0. The number of ether oxygens (including phenoxy) is 1. The Morgan fingerprint density at radius 3 is 2.56 bits per heavy atom. The molecule has 7 nitrogen and oxygen atoms in total. The van der Waals surface area contributed by atoms with Crippen molar-refractivity contribution in [2.75, 3.05) is 11.9 Å². The van der Waals surface area contributed by atoms with E-state index in [1.54, 1.807) is 0 Å². The molecule has 3 heterocycles. The first-order valence-corrected chi connectivity index (χ1v) is 12.0. The zero-order valence-corrected chi connectivity index (χ0v) is 20.3. The average Bonchev–Trinajstić information content (AvgIpc) is 3.23. The molecule has 0 saturated carbocycles. The van der Waals surface area contributed by atoms with Crippen molar-refractivity contribution in [2.24, 2.45) is 7.05 Å². The number of fused-ring (bicyclic) bond motifs is 5. The number of H-pyrrole nitrogens is 1. The summed E-state index contributed by atoms with van der Waals surface area (Å²) in [6.45, 7) is 4.51. The van der Waals surface area contributed by atoms with Crippen LogP contribution >= 0.6 is 0 Å². The van der Waals surface area contributed by atoms with Crippen LogP contribution in [0.25, 0.3) is 27.8 Å². The summed E-state index contributed by atoms with van der Waals surface area (Å²) in [5.74, 6) is 0.751. The van der Waals surface area contributed by atoms with E-state index in [9.17, 15) is 9.59 Å². The Kier molecular flexibility index (Phi) is 5.07. The number of aryl methyl sites for hydroxylation is 1. The van der Waals surface area contributed by atoms with Crippen molar-refractivity contribution < 1.29 is 4.74 Å². The number of aromatic amines is 1. The summed E-state index contributed by atoms with van der Waals surface area (Å²) in [7, 11) is 1.51. The highest BCUT2D eigenvalue weighted by molar-refractivity contribution is 5.99. The van der Waals surface area contributed by atoms with E-state index < -0.39 is 5.69 Å². The second-order valence-electron chi connectivity index (χ2n) is 9.05. The molecule has 0 fully saturated rings. The minimum atomic E-state index is -0.451. The van der Waals surface area contributed by atoms with Crippen LogP contribution in [0.15, 0.2) is 82.4 Å². The number of benzene rings is 3. The Morgan fingerprint density at radius 2 is 1.75 bits per heavy atom. The van der Waals surface area contributed by atoms with Gasteiger partial charge in [0.2, 0.25) is 0 Å². The van der Waals surface area contributed by atoms with Crippen LogP contribution in [0, 0.1) is 6.92 Å². The zero-order chi connectivity index (χ0) is 25.0. The van der Waals surface area contributed by atoms with Crippen LogP contribution in [0.2, 0.25) is 0 Å². The molecule has 0 saturated heterocycles. The largest absolute Gasteiger partial charge is 0.494 e. The van der Waals surface area contributed by atoms with Gasteiger partial charge in [-0.25, -0.2) is 4.79 Å². The second-order valence-corrected chi connectivity index (χ2v) is 9.05. The predicted octanol–water partition coefficient (Wildman–Crippen LogP) is 4.91. The standard InChI is InChI=1S/C29H26N4O3/c1-4-36-22-15-8-5-12-19(22)24-27-25-23(28(34)32(3)29(35)31-25)26(18-11-9-10-17(2)16-18)33(27)21-14-7-6-13-20(21)30-24/h5-16,24,30H,4H2,1-3H3,(H,31,35). The molecule has 1 unspecified atom stereocenters. The van der Waals surface area contributed by atoms with Gasteiger partial charge < -0.3 is 19.6 Å². The number of rotatable bonds is 4. The monoisotopic (exact) mass is 478 g/mol. The SMILES string of the molecule is CCOc1ccccc1C1Nc2ccccc2-n2c1c1[nH]c(=O)n(C)c(=O)c1c2-c1cccc(C)c1. The van der Waals surface area contributed by atoms with Gasteiger partial charge in [-0.2, -0.15) is 0 Å². The third-order valence-corrected chi connectivity index (χ3v) is 6.80. The van der Waals surface area contributed by atoms with Crippen molar-refractivity contribution in [3.8, 4) is 22.7 Å². The van der Waals surface area contributed by atoms with Gasteiger partial charge in [-0.15, -0.1) is 0 Å². The summed E-state index contributed by atoms with van der Waals surface area (Å²) in [6, 6.07) is 23.6. The van der Waals surface area contributed by atoms with E-state index in [1.165, 1.54) is 7.05 Å². The highest BCUT2D eigenvalue weighted by atomic mass is 16.5. The van der Waals surface area contributed by atoms with Gasteiger partial charge in [-0.05, 0) is 43.7 Å². The maximum atomic E-state index is 13.7. The lowest BCUT2D eigenvalue weighted by Crippen LogP contribution is -2.32. The normalized spacial score (nSPS) is 14.2. The molecule has 1 aliphatic heterocycles. The first-order valence-electron chi connectivity index (χ1n) is 12.0. The summed E-state index contributed by atoms with van der Waals surface area (Å²) in [4.78, 5) is 29.5. The van der Waals surface area contributed by atoms with E-state index in [1.807, 2.05) is 80.6 Å². The van der Waals surface area contributed by atoms with E-state index in [2.05, 4.69) is 20.9 Å². The van der Waals surface area contributed by atoms with Gasteiger partial charge in [0, 0.05) is 12.6 Å². The van der Waals surface area contributed by atoms with Crippen molar-refractivity contribution in [2.45, 2.75) is 19.9 Å². The fourth-order valence-corrected chi connectivity index (χ4v) is 5.21. The summed E-state index contributed by atoms with van der Waals surface area (Å²) in [5.41, 5.74) is 6.04. The van der Waals surface area contributed by atoms with Gasteiger partial charge in [0.15, 0.2) is 0 Å². The fourth-order valence-electron chi connectivity index (χ4n) is 5.21. The summed E-state index contributed by atoms with van der Waals surface area (Å²) in [6.07, 6.45) is 0. The molecule has 0 bridgehead atoms. The molecule has 0 spiro atoms. The molecular weight excluding hydrogens is 452 g/mol. The molecule has 180 valence electrons. The van der Waals surface area contributed by atoms with Crippen molar-refractivity contribution in [1.82, 2.24) is 14.1 Å². The molecule has 5 aromatic rings. The Morgan fingerprint density at radius 1 is 0.972 bits per heavy atom. The zero-order valence-electron chi connectivity index (χ0n) is 20.3. The number of anilines is 1. The Hall–Kier alpha value is -4.52. The first-order chi connectivity index (χ1) is 17.5. The molecule has 0 amide bonds. The molecule has 1 aliphatic rings. The highest BCUT2D eigenvalue weighted by Crippen LogP contribution is 2.46. The van der Waals surface area contributed by atoms with Gasteiger partial charge in [0.05, 0.1) is 46.3 Å². The van der Waals surface area contributed by atoms with Crippen LogP contribution in [-0.2, 0) is 7.05 Å². The predicted molar refractivity (Wildman–Crippen MR) is 142 cm³/mol. The molecular formula is C29H26N4O3. The molecule has 36 heavy (non-hydrogen) atoms. The number of para-hydroxylation sites is 3. The van der Waals surface area contributed by atoms with Gasteiger partial charge >= 0.3 is 5.69 Å². The van der Waals surface area contributed by atoms with Crippen LogP contribution in [-0.4, -0.2) is 20.7 Å². The van der Waals surface area contributed by atoms with Crippen LogP contribution in [0.4, 0.5) is 5.69 Å². The lowest BCUT2D eigenvalue weighted by Gasteiger charge is -2.31. The van der Waals surface area contributed by atoms with Gasteiger partial charge in [-0.1, -0.05) is 54.1 Å². The van der Waals surface area contributed by atoms with Crippen LogP contribution in [0.5, 0.6) is 5.75 Å². The minimum absolute atomic E-state index is 0.332. The van der Waals surface area contributed by atoms with Gasteiger partial charge in [0.25, 0.3) is 5.56 Å². The average molecular weight is 479 g/mol. The third kappa shape index (κ3) is 3.20. The van der Waals surface area contributed by atoms with Crippen LogP contribution < -0.4 is 21.3 Å². The lowest BCUT2D eigenvalue weighted by molar-refractivity contribution is 0.335. The number of hydrogen-bond donors (Lipinski definition) is 2. The quantitative estimate of drug-likeness (QED) is 0.385. The fraction of sp³-hybridized carbons (Fsp3) is 0.172. The second kappa shape index (κ2) is 8.30. The maximum Gasteiger partial charge on any atom is 0.328 e. The van der Waals surface area contributed by atoms with Gasteiger partial charge in [0.1, 0.15) is 5.75 Å². The molecule has 7 heteroatoms. The maximum absolute atomic E-state index is 13.7. The molecule has 2 N–H and O–H groups in total. The van der Waals surface area contributed by atoms with E-state index in [0.717, 1.165) is 49.8 Å². The number of nitrogens with zero attached hydrogens (tertiary/aromatic N) is 2. The number of hydrogen-bond acceptors (Lipinski definition) is 4. The van der Waals surface area contributed by atoms with Crippen molar-refractivity contribution in [1.29, 1.82) is 0 Å². The number of nitrogens with one attached hydrogen (secondary N) is 2. The van der Waals surface area contributed by atoms with Crippen molar-refractivity contribution in [3.05, 3.63) is 110 Å². The Balaban J connectivity index is 1.81. The third-order valence-electron chi connectivity index (χ3n) is 6.80. The lowest BCUT2D eigenvalue weighted by atomic mass is 9.98. The van der Waals surface area contributed by atoms with Crippen molar-refractivity contribution in [3.63, 3.8) is 0 Å². The van der Waals surface area contributed by atoms with E-state index in [-0.39, 0.29) is 11.6 Å². The molecule has 0 aliphatic carbocycles. The molecule has 0 radical (unpaired) electrons. The summed E-state index contributed by atoms with van der Waals surface area (Å²) < 4.78 is 9.25. The van der Waals surface area contributed by atoms with Crippen molar-refractivity contribution >= 4 is 16.6 Å². The smallest absolute Gasteiger partial charge is 0.328 e. The molecule has 2 aromatic heterocycles. The molecule has 1 atom stereocenters. The van der Waals surface area contributed by atoms with E-state index in [0.29, 0.717) is 17.5 Å². The van der Waals surface area contributed by atoms with Gasteiger partial charge in [-0.3, -0.25) is 9.36 Å². The van der Waals surface area contributed by atoms with E-state index in [4.69, 9.17) is 4.74 Å². The topological polar surface area (TPSA) is 81.0 Å². The minimum Gasteiger partial charge on any atom is -0.494 e. The van der Waals surface area contributed by atoms with Crippen LogP contribution in [0.1, 0.15) is 29.8 Å². The Labute approximate surface area is 207 Å². The molecule has 6 rings (SSSR count). The summed E-state index contributed by atoms with van der Waals surface area (Å²) in [5, 5.41) is 4.14. The number of aromatic nitrogens is 3. The Bertz CT molecular complexity index is 1760. The van der Waals surface area contributed by atoms with E-state index >= 15 is 0 Å².